The summed E-state index contributed by atoms with van der Waals surface area (Å²) in [5.74, 6) is 2.05. The number of anilines is 1. The van der Waals surface area contributed by atoms with Crippen LogP contribution >= 0.6 is 0 Å². The van der Waals surface area contributed by atoms with Gasteiger partial charge in [-0.3, -0.25) is 0 Å². The summed E-state index contributed by atoms with van der Waals surface area (Å²) < 4.78 is 5.52. The average Bonchev–Trinajstić information content (AvgIpc) is 3.15. The first-order valence-corrected chi connectivity index (χ1v) is 6.82. The molecule has 0 aliphatic carbocycles. The molecule has 8 heteroatoms. The lowest BCUT2D eigenvalue weighted by Gasteiger charge is -2.16. The Morgan fingerprint density at radius 3 is 2.83 bits per heavy atom. The number of nitrogens with zero attached hydrogens (tertiary/aromatic N) is 2. The molecule has 1 fully saturated rings. The largest absolute Gasteiger partial charge is 0.396 e. The van der Waals surface area contributed by atoms with Crippen LogP contribution in [-0.4, -0.2) is 49.7 Å². The standard InChI is InChI=1S/C15H14N4O4/c1-2-8(20)14-12(21)13(22)15(23-14)11-10-6(3-4-18-10)9(17)7(5-16)19-11/h1,3-4,8,12-15,18,20-22H,17H2/t8-,12-,13-,14-,15-/m0/s1. The number of nitrogens with two attached hydrogens (primary N) is 1. The predicted octanol–water partition coefficient (Wildman–Crippen LogP) is -0.827. The smallest absolute Gasteiger partial charge is 0.164 e. The maximum atomic E-state index is 10.2. The number of nitrogens with one attached hydrogen (secondary N) is 1. The van der Waals surface area contributed by atoms with Gasteiger partial charge in [-0.05, 0) is 6.07 Å². The summed E-state index contributed by atoms with van der Waals surface area (Å²) in [6.07, 6.45) is 0.385. The van der Waals surface area contributed by atoms with Crippen LogP contribution in [0.3, 0.4) is 0 Å². The average molecular weight is 314 g/mol. The van der Waals surface area contributed by atoms with Gasteiger partial charge in [0.05, 0.1) is 16.9 Å². The molecular weight excluding hydrogens is 300 g/mol. The molecule has 0 bridgehead atoms. The summed E-state index contributed by atoms with van der Waals surface area (Å²) >= 11 is 0. The Balaban J connectivity index is 2.11. The van der Waals surface area contributed by atoms with Gasteiger partial charge in [0.25, 0.3) is 0 Å². The number of rotatable bonds is 2. The number of hydrogen-bond donors (Lipinski definition) is 5. The number of terminal acetylenes is 1. The molecule has 2 aromatic heterocycles. The van der Waals surface area contributed by atoms with E-state index in [0.717, 1.165) is 0 Å². The zero-order chi connectivity index (χ0) is 16.7. The van der Waals surface area contributed by atoms with Crippen LogP contribution in [0.15, 0.2) is 12.3 Å². The molecule has 3 rings (SSSR count). The van der Waals surface area contributed by atoms with E-state index >= 15 is 0 Å². The Hall–Kier alpha value is -2.62. The normalized spacial score (nSPS) is 28.4. The second-order valence-corrected chi connectivity index (χ2v) is 5.25. The Kier molecular flexibility index (Phi) is 3.68. The lowest BCUT2D eigenvalue weighted by molar-refractivity contribution is -0.0461. The van der Waals surface area contributed by atoms with Crippen LogP contribution in [0.1, 0.15) is 17.5 Å². The predicted molar refractivity (Wildman–Crippen MR) is 79.7 cm³/mol. The lowest BCUT2D eigenvalue weighted by Crippen LogP contribution is -2.37. The molecule has 1 aliphatic heterocycles. The van der Waals surface area contributed by atoms with Crippen LogP contribution in [0, 0.1) is 23.7 Å². The van der Waals surface area contributed by atoms with Crippen molar-refractivity contribution in [3.8, 4) is 18.4 Å². The first-order chi connectivity index (χ1) is 11.0. The number of nitriles is 1. The van der Waals surface area contributed by atoms with Crippen LogP contribution in [0.4, 0.5) is 5.69 Å². The highest BCUT2D eigenvalue weighted by molar-refractivity contribution is 5.94. The van der Waals surface area contributed by atoms with E-state index in [1.807, 2.05) is 6.07 Å². The quantitative estimate of drug-likeness (QED) is 0.454. The molecule has 1 aliphatic rings. The molecule has 2 aromatic rings. The third-order valence-corrected chi connectivity index (χ3v) is 3.94. The van der Waals surface area contributed by atoms with Gasteiger partial charge in [-0.15, -0.1) is 6.42 Å². The Labute approximate surface area is 131 Å². The van der Waals surface area contributed by atoms with Gasteiger partial charge in [0, 0.05) is 11.6 Å². The fourth-order valence-electron chi connectivity index (χ4n) is 2.75. The van der Waals surface area contributed by atoms with Gasteiger partial charge < -0.3 is 30.8 Å². The Morgan fingerprint density at radius 2 is 2.17 bits per heavy atom. The molecule has 5 atom stereocenters. The number of aromatic nitrogens is 2. The van der Waals surface area contributed by atoms with Crippen molar-refractivity contribution in [3.63, 3.8) is 0 Å². The molecule has 0 radical (unpaired) electrons. The van der Waals surface area contributed by atoms with Gasteiger partial charge in [-0.1, -0.05) is 5.92 Å². The van der Waals surface area contributed by atoms with E-state index < -0.39 is 30.5 Å². The summed E-state index contributed by atoms with van der Waals surface area (Å²) in [7, 11) is 0. The van der Waals surface area contributed by atoms with E-state index in [1.165, 1.54) is 0 Å². The Morgan fingerprint density at radius 1 is 1.43 bits per heavy atom. The summed E-state index contributed by atoms with van der Waals surface area (Å²) in [5.41, 5.74) is 6.77. The van der Waals surface area contributed by atoms with E-state index in [4.69, 9.17) is 22.2 Å². The highest BCUT2D eigenvalue weighted by Crippen LogP contribution is 2.38. The van der Waals surface area contributed by atoms with Crippen molar-refractivity contribution in [3.05, 3.63) is 23.7 Å². The maximum absolute atomic E-state index is 10.2. The maximum Gasteiger partial charge on any atom is 0.164 e. The van der Waals surface area contributed by atoms with Crippen molar-refractivity contribution in [1.29, 1.82) is 5.26 Å². The number of hydrogen-bond acceptors (Lipinski definition) is 7. The van der Waals surface area contributed by atoms with Gasteiger partial charge in [0.1, 0.15) is 36.6 Å². The molecule has 0 saturated carbocycles. The lowest BCUT2D eigenvalue weighted by atomic mass is 10.0. The number of aliphatic hydroxyl groups excluding tert-OH is 3. The van der Waals surface area contributed by atoms with E-state index in [9.17, 15) is 15.3 Å². The fourth-order valence-corrected chi connectivity index (χ4v) is 2.75. The first kappa shape index (κ1) is 15.3. The number of nitrogen functional groups attached to an aromatic ring is 1. The molecule has 0 spiro atoms. The number of ether oxygens (including phenoxy) is 1. The van der Waals surface area contributed by atoms with Crippen molar-refractivity contribution < 1.29 is 20.1 Å². The number of aromatic amines is 1. The molecule has 3 heterocycles. The minimum absolute atomic E-state index is 0.0154. The Bertz CT molecular complexity index is 834. The van der Waals surface area contributed by atoms with Crippen LogP contribution in [0.2, 0.25) is 0 Å². The number of aliphatic hydroxyl groups is 3. The van der Waals surface area contributed by atoms with E-state index in [-0.39, 0.29) is 17.1 Å². The van der Waals surface area contributed by atoms with E-state index in [2.05, 4.69) is 15.9 Å². The molecule has 1 saturated heterocycles. The third-order valence-electron chi connectivity index (χ3n) is 3.94. The minimum Gasteiger partial charge on any atom is -0.396 e. The van der Waals surface area contributed by atoms with Crippen LogP contribution in [0.25, 0.3) is 10.9 Å². The zero-order valence-electron chi connectivity index (χ0n) is 11.8. The topological polar surface area (TPSA) is 148 Å². The molecule has 118 valence electrons. The van der Waals surface area contributed by atoms with E-state index in [1.54, 1.807) is 12.3 Å². The summed E-state index contributed by atoms with van der Waals surface area (Å²) in [4.78, 5) is 7.05. The molecule has 8 nitrogen and oxygen atoms in total. The van der Waals surface area contributed by atoms with Gasteiger partial charge in [0.2, 0.25) is 0 Å². The molecule has 0 unspecified atom stereocenters. The van der Waals surface area contributed by atoms with Gasteiger partial charge in [-0.25, -0.2) is 4.98 Å². The minimum atomic E-state index is -1.39. The van der Waals surface area contributed by atoms with Crippen molar-refractivity contribution in [2.45, 2.75) is 30.5 Å². The second kappa shape index (κ2) is 5.54. The van der Waals surface area contributed by atoms with Gasteiger partial charge in [-0.2, -0.15) is 5.26 Å². The van der Waals surface area contributed by atoms with Crippen LogP contribution in [0.5, 0.6) is 0 Å². The van der Waals surface area contributed by atoms with Gasteiger partial charge in [0.15, 0.2) is 5.69 Å². The molecule has 0 aromatic carbocycles. The molecule has 0 amide bonds. The molecule has 6 N–H and O–H groups in total. The summed E-state index contributed by atoms with van der Waals surface area (Å²) in [6, 6.07) is 3.55. The summed E-state index contributed by atoms with van der Waals surface area (Å²) in [6.45, 7) is 0. The van der Waals surface area contributed by atoms with Crippen molar-refractivity contribution in [1.82, 2.24) is 9.97 Å². The van der Waals surface area contributed by atoms with Gasteiger partial charge >= 0.3 is 0 Å². The highest BCUT2D eigenvalue weighted by Gasteiger charge is 2.47. The molecule has 23 heavy (non-hydrogen) atoms. The van der Waals surface area contributed by atoms with Crippen LogP contribution in [-0.2, 0) is 4.74 Å². The van der Waals surface area contributed by atoms with E-state index in [0.29, 0.717) is 10.9 Å². The zero-order valence-corrected chi connectivity index (χ0v) is 11.8. The second-order valence-electron chi connectivity index (χ2n) is 5.25. The molecular formula is C15H14N4O4. The van der Waals surface area contributed by atoms with Crippen molar-refractivity contribution >= 4 is 16.6 Å². The highest BCUT2D eigenvalue weighted by atomic mass is 16.6. The summed E-state index contributed by atoms with van der Waals surface area (Å²) in [5, 5.41) is 39.7. The van der Waals surface area contributed by atoms with Crippen molar-refractivity contribution in [2.24, 2.45) is 0 Å². The monoisotopic (exact) mass is 314 g/mol. The SMILES string of the molecule is C#C[C@H](O)[C@@H]1O[C@@H](c2nc(C#N)c(N)c3cc[nH]c23)[C@@H](O)[C@@H]1O. The number of H-pyrrole nitrogens is 1. The fraction of sp³-hybridized carbons (Fsp3) is 0.333. The first-order valence-electron chi connectivity index (χ1n) is 6.82. The third kappa shape index (κ3) is 2.22. The van der Waals surface area contributed by atoms with Crippen molar-refractivity contribution in [2.75, 3.05) is 5.73 Å². The van der Waals surface area contributed by atoms with Crippen LogP contribution < -0.4 is 5.73 Å². The number of pyridine rings is 1. The number of fused-ring (bicyclic) bond motifs is 1.